The Kier molecular flexibility index (Phi) is 3.50. The number of aryl methyl sites for hydroxylation is 1. The van der Waals surface area contributed by atoms with Gasteiger partial charge in [0.15, 0.2) is 0 Å². The summed E-state index contributed by atoms with van der Waals surface area (Å²) in [5, 5.41) is 0. The highest BCUT2D eigenvalue weighted by Crippen LogP contribution is 2.27. The van der Waals surface area contributed by atoms with Crippen LogP contribution in [0.5, 0.6) is 0 Å². The molecule has 2 aromatic rings. The second-order valence-electron chi connectivity index (χ2n) is 4.80. The Morgan fingerprint density at radius 2 is 1.72 bits per heavy atom. The molecular formula is C17H15I. The predicted octanol–water partition coefficient (Wildman–Crippen LogP) is 4.86. The number of allylic oxidation sites excluding steroid dienone is 1. The van der Waals surface area contributed by atoms with Gasteiger partial charge in [0.1, 0.15) is 0 Å². The lowest BCUT2D eigenvalue weighted by Gasteiger charge is -2.19. The number of halogens is 1. The van der Waals surface area contributed by atoms with Crippen molar-refractivity contribution in [3.05, 3.63) is 74.4 Å². The Labute approximate surface area is 122 Å². The van der Waals surface area contributed by atoms with E-state index in [1.165, 1.54) is 33.1 Å². The van der Waals surface area contributed by atoms with Crippen LogP contribution in [-0.2, 0) is 12.8 Å². The zero-order valence-electron chi connectivity index (χ0n) is 10.2. The van der Waals surface area contributed by atoms with Crippen LogP contribution in [0.15, 0.2) is 54.1 Å². The quantitative estimate of drug-likeness (QED) is 0.647. The zero-order chi connectivity index (χ0) is 12.4. The minimum atomic E-state index is 1.11. The fourth-order valence-electron chi connectivity index (χ4n) is 2.54. The molecule has 0 radical (unpaired) electrons. The van der Waals surface area contributed by atoms with E-state index >= 15 is 0 Å². The lowest BCUT2D eigenvalue weighted by molar-refractivity contribution is 0.842. The van der Waals surface area contributed by atoms with Crippen molar-refractivity contribution in [2.75, 3.05) is 0 Å². The van der Waals surface area contributed by atoms with Crippen molar-refractivity contribution in [2.45, 2.75) is 19.3 Å². The smallest absolute Gasteiger partial charge is 0.0133 e. The SMILES string of the molecule is Ic1ccc2c(c1)C/C(=C/c1ccccc1)CC2. The molecular weight excluding hydrogens is 331 g/mol. The van der Waals surface area contributed by atoms with Crippen LogP contribution >= 0.6 is 22.6 Å². The van der Waals surface area contributed by atoms with Gasteiger partial charge >= 0.3 is 0 Å². The largest absolute Gasteiger partial charge is 0.0649 e. The summed E-state index contributed by atoms with van der Waals surface area (Å²) in [4.78, 5) is 0. The van der Waals surface area contributed by atoms with Gasteiger partial charge in [-0.1, -0.05) is 48.0 Å². The molecule has 0 aromatic heterocycles. The van der Waals surface area contributed by atoms with Crippen LogP contribution in [0.1, 0.15) is 23.1 Å². The van der Waals surface area contributed by atoms with Gasteiger partial charge < -0.3 is 0 Å². The Balaban J connectivity index is 1.89. The Bertz CT molecular complexity index is 582. The summed E-state index contributed by atoms with van der Waals surface area (Å²) in [6, 6.07) is 17.5. The first-order valence-corrected chi connectivity index (χ1v) is 7.41. The van der Waals surface area contributed by atoms with Crippen LogP contribution in [0.25, 0.3) is 6.08 Å². The van der Waals surface area contributed by atoms with Gasteiger partial charge in [0.25, 0.3) is 0 Å². The van der Waals surface area contributed by atoms with Crippen LogP contribution in [0.3, 0.4) is 0 Å². The summed E-state index contributed by atoms with van der Waals surface area (Å²) in [5.41, 5.74) is 5.91. The molecule has 3 rings (SSSR count). The Morgan fingerprint density at radius 1 is 0.889 bits per heavy atom. The van der Waals surface area contributed by atoms with Crippen LogP contribution in [0.4, 0.5) is 0 Å². The van der Waals surface area contributed by atoms with Crippen molar-refractivity contribution >= 4 is 28.7 Å². The van der Waals surface area contributed by atoms with E-state index in [4.69, 9.17) is 0 Å². The topological polar surface area (TPSA) is 0 Å². The highest BCUT2D eigenvalue weighted by atomic mass is 127. The fourth-order valence-corrected chi connectivity index (χ4v) is 3.10. The summed E-state index contributed by atoms with van der Waals surface area (Å²) in [6.07, 6.45) is 5.84. The van der Waals surface area contributed by atoms with E-state index in [-0.39, 0.29) is 0 Å². The standard InChI is InChI=1S/C17H15I/c18-17-9-8-15-7-6-14(11-16(15)12-17)10-13-4-2-1-3-5-13/h1-5,8-10,12H,6-7,11H2/b14-10+. The average Bonchev–Trinajstić information content (AvgIpc) is 2.39. The first-order valence-electron chi connectivity index (χ1n) is 6.33. The van der Waals surface area contributed by atoms with Crippen molar-refractivity contribution in [1.29, 1.82) is 0 Å². The Hall–Kier alpha value is -1.09. The number of rotatable bonds is 1. The van der Waals surface area contributed by atoms with Gasteiger partial charge in [-0.2, -0.15) is 0 Å². The third-order valence-electron chi connectivity index (χ3n) is 3.47. The van der Waals surface area contributed by atoms with Crippen molar-refractivity contribution in [1.82, 2.24) is 0 Å². The van der Waals surface area contributed by atoms with Gasteiger partial charge in [-0.05, 0) is 70.7 Å². The summed E-state index contributed by atoms with van der Waals surface area (Å²) >= 11 is 2.40. The number of fused-ring (bicyclic) bond motifs is 1. The molecule has 0 heterocycles. The first kappa shape index (κ1) is 12.0. The molecule has 0 N–H and O–H groups in total. The van der Waals surface area contributed by atoms with Crippen molar-refractivity contribution in [2.24, 2.45) is 0 Å². The van der Waals surface area contributed by atoms with Crippen LogP contribution < -0.4 is 0 Å². The molecule has 0 fully saturated rings. The molecule has 0 bridgehead atoms. The van der Waals surface area contributed by atoms with Gasteiger partial charge in [-0.15, -0.1) is 0 Å². The third kappa shape index (κ3) is 2.66. The van der Waals surface area contributed by atoms with Gasteiger partial charge in [0.05, 0.1) is 0 Å². The van der Waals surface area contributed by atoms with Crippen LogP contribution in [0.2, 0.25) is 0 Å². The lowest BCUT2D eigenvalue weighted by Crippen LogP contribution is -2.05. The van der Waals surface area contributed by atoms with E-state index in [1.54, 1.807) is 5.57 Å². The maximum Gasteiger partial charge on any atom is 0.0133 e. The molecule has 1 heteroatoms. The molecule has 0 atom stereocenters. The predicted molar refractivity (Wildman–Crippen MR) is 85.6 cm³/mol. The molecule has 1 aliphatic rings. The highest BCUT2D eigenvalue weighted by Gasteiger charge is 2.12. The van der Waals surface area contributed by atoms with Crippen molar-refractivity contribution in [3.8, 4) is 0 Å². The van der Waals surface area contributed by atoms with E-state index in [2.05, 4.69) is 77.2 Å². The summed E-state index contributed by atoms with van der Waals surface area (Å²) in [6.45, 7) is 0. The number of hydrogen-bond donors (Lipinski definition) is 0. The van der Waals surface area contributed by atoms with Gasteiger partial charge in [0.2, 0.25) is 0 Å². The normalized spacial score (nSPS) is 16.6. The van der Waals surface area contributed by atoms with Gasteiger partial charge in [-0.25, -0.2) is 0 Å². The number of benzene rings is 2. The summed E-state index contributed by atoms with van der Waals surface area (Å²) in [5.74, 6) is 0. The monoisotopic (exact) mass is 346 g/mol. The summed E-state index contributed by atoms with van der Waals surface area (Å²) in [7, 11) is 0. The lowest BCUT2D eigenvalue weighted by atomic mass is 9.87. The van der Waals surface area contributed by atoms with Crippen LogP contribution in [-0.4, -0.2) is 0 Å². The molecule has 90 valence electrons. The average molecular weight is 346 g/mol. The molecule has 0 nitrogen and oxygen atoms in total. The molecule has 0 amide bonds. The van der Waals surface area contributed by atoms with Crippen LogP contribution in [0, 0.1) is 3.57 Å². The fraction of sp³-hybridized carbons (Fsp3) is 0.176. The van der Waals surface area contributed by atoms with E-state index in [9.17, 15) is 0 Å². The molecule has 2 aromatic carbocycles. The zero-order valence-corrected chi connectivity index (χ0v) is 12.4. The van der Waals surface area contributed by atoms with E-state index in [0.717, 1.165) is 6.42 Å². The van der Waals surface area contributed by atoms with E-state index < -0.39 is 0 Å². The van der Waals surface area contributed by atoms with Crippen molar-refractivity contribution < 1.29 is 0 Å². The molecule has 0 unspecified atom stereocenters. The van der Waals surface area contributed by atoms with E-state index in [1.807, 2.05) is 0 Å². The van der Waals surface area contributed by atoms with Gasteiger partial charge in [0, 0.05) is 3.57 Å². The van der Waals surface area contributed by atoms with Crippen molar-refractivity contribution in [3.63, 3.8) is 0 Å². The molecule has 1 aliphatic carbocycles. The first-order chi connectivity index (χ1) is 8.81. The second-order valence-corrected chi connectivity index (χ2v) is 6.05. The molecule has 0 aliphatic heterocycles. The molecule has 0 saturated heterocycles. The Morgan fingerprint density at radius 3 is 2.56 bits per heavy atom. The minimum Gasteiger partial charge on any atom is -0.0649 e. The molecule has 18 heavy (non-hydrogen) atoms. The summed E-state index contributed by atoms with van der Waals surface area (Å²) < 4.78 is 1.34. The third-order valence-corrected chi connectivity index (χ3v) is 4.14. The second kappa shape index (κ2) is 5.27. The maximum absolute atomic E-state index is 2.40. The molecule has 0 spiro atoms. The number of hydrogen-bond acceptors (Lipinski definition) is 0. The maximum atomic E-state index is 2.40. The van der Waals surface area contributed by atoms with E-state index in [0.29, 0.717) is 0 Å². The van der Waals surface area contributed by atoms with Gasteiger partial charge in [-0.3, -0.25) is 0 Å². The molecule has 0 saturated carbocycles. The highest BCUT2D eigenvalue weighted by molar-refractivity contribution is 14.1. The minimum absolute atomic E-state index is 1.11.